The molecule has 1 aromatic carbocycles. The molecule has 0 bridgehead atoms. The molecule has 0 saturated heterocycles. The monoisotopic (exact) mass is 244 g/mol. The number of benzene rings is 1. The topological polar surface area (TPSA) is 9.23 Å². The van der Waals surface area contributed by atoms with Gasteiger partial charge in [-0.3, -0.25) is 0 Å². The van der Waals surface area contributed by atoms with Crippen LogP contribution >= 0.6 is 0 Å². The van der Waals surface area contributed by atoms with Gasteiger partial charge in [0.2, 0.25) is 0 Å². The van der Waals surface area contributed by atoms with E-state index in [4.69, 9.17) is 11.2 Å². The Bertz CT molecular complexity index is 412. The Morgan fingerprint density at radius 2 is 2.00 bits per heavy atom. The van der Waals surface area contributed by atoms with Gasteiger partial charge in [-0.05, 0) is 42.4 Å². The van der Waals surface area contributed by atoms with Crippen molar-refractivity contribution in [1.29, 1.82) is 0 Å². The van der Waals surface area contributed by atoms with E-state index in [0.29, 0.717) is 18.4 Å². The molecule has 1 nitrogen and oxygen atoms in total. The molecule has 0 aliphatic rings. The molecular weight excluding hydrogens is 220 g/mol. The van der Waals surface area contributed by atoms with E-state index in [1.807, 2.05) is 6.92 Å². The fraction of sp³-hybridized carbons (Fsp3) is 0.529. The first-order chi connectivity index (χ1) is 8.63. The molecule has 0 aromatic heterocycles. The second kappa shape index (κ2) is 7.11. The summed E-state index contributed by atoms with van der Waals surface area (Å²) in [4.78, 5) is 0. The van der Waals surface area contributed by atoms with Crippen LogP contribution < -0.4 is 4.74 Å². The molecule has 0 saturated carbocycles. The van der Waals surface area contributed by atoms with Crippen LogP contribution in [0, 0.1) is 12.3 Å². The van der Waals surface area contributed by atoms with E-state index in [9.17, 15) is 0 Å². The SMILES string of the molecule is C#CCC(CC)c1ccc(OCC)c(C(C)C)c1. The lowest BCUT2D eigenvalue weighted by molar-refractivity contribution is 0.335. The number of rotatable bonds is 6. The molecule has 0 heterocycles. The molecule has 0 aliphatic carbocycles. The number of terminal acetylenes is 1. The predicted molar refractivity (Wildman–Crippen MR) is 78.2 cm³/mol. The van der Waals surface area contributed by atoms with E-state index in [1.165, 1.54) is 11.1 Å². The van der Waals surface area contributed by atoms with Crippen LogP contribution in [0.2, 0.25) is 0 Å². The van der Waals surface area contributed by atoms with Crippen molar-refractivity contribution < 1.29 is 4.74 Å². The molecule has 0 aliphatic heterocycles. The molecule has 1 atom stereocenters. The molecule has 1 unspecified atom stereocenters. The maximum atomic E-state index is 5.69. The second-order valence-corrected chi connectivity index (χ2v) is 4.90. The van der Waals surface area contributed by atoms with Crippen LogP contribution in [0.5, 0.6) is 5.75 Å². The van der Waals surface area contributed by atoms with E-state index < -0.39 is 0 Å². The van der Waals surface area contributed by atoms with Gasteiger partial charge in [-0.15, -0.1) is 12.3 Å². The maximum absolute atomic E-state index is 5.69. The van der Waals surface area contributed by atoms with E-state index in [-0.39, 0.29) is 0 Å². The molecule has 0 radical (unpaired) electrons. The van der Waals surface area contributed by atoms with Crippen molar-refractivity contribution in [3.63, 3.8) is 0 Å². The molecular formula is C17H24O. The van der Waals surface area contributed by atoms with Gasteiger partial charge in [0.1, 0.15) is 5.75 Å². The summed E-state index contributed by atoms with van der Waals surface area (Å²) in [6.45, 7) is 9.31. The minimum absolute atomic E-state index is 0.461. The average molecular weight is 244 g/mol. The number of hydrogen-bond acceptors (Lipinski definition) is 1. The largest absolute Gasteiger partial charge is 0.494 e. The summed E-state index contributed by atoms with van der Waals surface area (Å²) >= 11 is 0. The molecule has 0 spiro atoms. The third-order valence-corrected chi connectivity index (χ3v) is 3.28. The van der Waals surface area contributed by atoms with Gasteiger partial charge in [0, 0.05) is 6.42 Å². The summed E-state index contributed by atoms with van der Waals surface area (Å²) in [6.07, 6.45) is 7.33. The van der Waals surface area contributed by atoms with Gasteiger partial charge in [0.25, 0.3) is 0 Å². The van der Waals surface area contributed by atoms with Crippen molar-refractivity contribution in [2.45, 2.75) is 52.4 Å². The molecule has 0 N–H and O–H groups in total. The number of ether oxygens (including phenoxy) is 1. The van der Waals surface area contributed by atoms with E-state index >= 15 is 0 Å². The Morgan fingerprint density at radius 3 is 2.50 bits per heavy atom. The van der Waals surface area contributed by atoms with Gasteiger partial charge in [0.05, 0.1) is 6.61 Å². The van der Waals surface area contributed by atoms with Gasteiger partial charge in [-0.2, -0.15) is 0 Å². The zero-order valence-corrected chi connectivity index (χ0v) is 12.0. The van der Waals surface area contributed by atoms with E-state index in [2.05, 4.69) is 44.9 Å². The molecule has 1 rings (SSSR count). The summed E-state index contributed by atoms with van der Waals surface area (Å²) in [5, 5.41) is 0. The van der Waals surface area contributed by atoms with Gasteiger partial charge in [0.15, 0.2) is 0 Å². The Kier molecular flexibility index (Phi) is 5.78. The lowest BCUT2D eigenvalue weighted by atomic mass is 9.90. The zero-order valence-electron chi connectivity index (χ0n) is 12.0. The van der Waals surface area contributed by atoms with Crippen LogP contribution in [0.3, 0.4) is 0 Å². The van der Waals surface area contributed by atoms with Crippen LogP contribution in [0.15, 0.2) is 18.2 Å². The summed E-state index contributed by atoms with van der Waals surface area (Å²) in [5.41, 5.74) is 2.62. The first-order valence-corrected chi connectivity index (χ1v) is 6.84. The second-order valence-electron chi connectivity index (χ2n) is 4.90. The Labute approximate surface area is 112 Å². The molecule has 0 amide bonds. The van der Waals surface area contributed by atoms with Crippen molar-refractivity contribution in [2.24, 2.45) is 0 Å². The van der Waals surface area contributed by atoms with Crippen molar-refractivity contribution in [3.8, 4) is 18.1 Å². The minimum atomic E-state index is 0.461. The molecule has 1 heteroatoms. The highest BCUT2D eigenvalue weighted by Crippen LogP contribution is 2.32. The van der Waals surface area contributed by atoms with Gasteiger partial charge >= 0.3 is 0 Å². The fourth-order valence-electron chi connectivity index (χ4n) is 2.20. The summed E-state index contributed by atoms with van der Waals surface area (Å²) in [6, 6.07) is 6.51. The van der Waals surface area contributed by atoms with E-state index in [1.54, 1.807) is 0 Å². The quantitative estimate of drug-likeness (QED) is 0.658. The first-order valence-electron chi connectivity index (χ1n) is 6.84. The minimum Gasteiger partial charge on any atom is -0.494 e. The number of hydrogen-bond donors (Lipinski definition) is 0. The van der Waals surface area contributed by atoms with Crippen LogP contribution in [0.1, 0.15) is 63.5 Å². The van der Waals surface area contributed by atoms with Crippen LogP contribution in [0.25, 0.3) is 0 Å². The van der Waals surface area contributed by atoms with Crippen LogP contribution in [0.4, 0.5) is 0 Å². The summed E-state index contributed by atoms with van der Waals surface area (Å²) < 4.78 is 5.69. The highest BCUT2D eigenvalue weighted by molar-refractivity contribution is 5.40. The predicted octanol–water partition coefficient (Wildman–Crippen LogP) is 4.73. The highest BCUT2D eigenvalue weighted by Gasteiger charge is 2.13. The van der Waals surface area contributed by atoms with Crippen molar-refractivity contribution in [3.05, 3.63) is 29.3 Å². The normalized spacial score (nSPS) is 12.2. The lowest BCUT2D eigenvalue weighted by Crippen LogP contribution is -2.02. The van der Waals surface area contributed by atoms with Crippen molar-refractivity contribution >= 4 is 0 Å². The Morgan fingerprint density at radius 1 is 1.28 bits per heavy atom. The Hall–Kier alpha value is -1.42. The van der Waals surface area contributed by atoms with Crippen LogP contribution in [-0.4, -0.2) is 6.61 Å². The highest BCUT2D eigenvalue weighted by atomic mass is 16.5. The lowest BCUT2D eigenvalue weighted by Gasteiger charge is -2.18. The zero-order chi connectivity index (χ0) is 13.5. The third kappa shape index (κ3) is 3.53. The van der Waals surface area contributed by atoms with E-state index in [0.717, 1.165) is 18.6 Å². The molecule has 0 fully saturated rings. The van der Waals surface area contributed by atoms with Crippen molar-refractivity contribution in [1.82, 2.24) is 0 Å². The smallest absolute Gasteiger partial charge is 0.122 e. The maximum Gasteiger partial charge on any atom is 0.122 e. The molecule has 98 valence electrons. The van der Waals surface area contributed by atoms with Gasteiger partial charge < -0.3 is 4.74 Å². The summed E-state index contributed by atoms with van der Waals surface area (Å²) in [5.74, 6) is 4.71. The standard InChI is InChI=1S/C17H24O/c1-6-9-14(7-2)15-10-11-17(18-8-3)16(12-15)13(4)5/h1,10-14H,7-9H2,2-5H3. The fourth-order valence-corrected chi connectivity index (χ4v) is 2.20. The Balaban J connectivity index is 3.09. The van der Waals surface area contributed by atoms with Gasteiger partial charge in [-0.25, -0.2) is 0 Å². The first kappa shape index (κ1) is 14.6. The third-order valence-electron chi connectivity index (χ3n) is 3.28. The average Bonchev–Trinajstić information content (AvgIpc) is 2.36. The van der Waals surface area contributed by atoms with Crippen LogP contribution in [-0.2, 0) is 0 Å². The summed E-state index contributed by atoms with van der Waals surface area (Å²) in [7, 11) is 0. The molecule has 18 heavy (non-hydrogen) atoms. The van der Waals surface area contributed by atoms with Crippen molar-refractivity contribution in [2.75, 3.05) is 6.61 Å². The van der Waals surface area contributed by atoms with Gasteiger partial charge in [-0.1, -0.05) is 32.9 Å². The molecule has 1 aromatic rings.